The van der Waals surface area contributed by atoms with Crippen LogP contribution in [0.1, 0.15) is 34.6 Å². The molecule has 0 aromatic rings. The lowest BCUT2D eigenvalue weighted by molar-refractivity contribution is -0.140. The van der Waals surface area contributed by atoms with E-state index in [4.69, 9.17) is 5.11 Å². The minimum absolute atomic E-state index is 0.131. The molecule has 0 aliphatic rings. The van der Waals surface area contributed by atoms with Gasteiger partial charge in [-0.2, -0.15) is 0 Å². The Labute approximate surface area is 86.9 Å². The molecule has 14 heavy (non-hydrogen) atoms. The van der Waals surface area contributed by atoms with Crippen LogP contribution in [0.3, 0.4) is 0 Å². The molecule has 0 saturated heterocycles. The highest BCUT2D eigenvalue weighted by molar-refractivity contribution is 5.73. The molecule has 0 rings (SSSR count). The van der Waals surface area contributed by atoms with Crippen molar-refractivity contribution in [2.24, 2.45) is 17.8 Å². The zero-order valence-corrected chi connectivity index (χ0v) is 9.87. The zero-order valence-electron chi connectivity index (χ0n) is 9.87. The third kappa shape index (κ3) is 4.61. The summed E-state index contributed by atoms with van der Waals surface area (Å²) in [7, 11) is 0. The molecule has 2 atom stereocenters. The molecule has 2 unspecified atom stereocenters. The van der Waals surface area contributed by atoms with Gasteiger partial charge in [0, 0.05) is 0 Å². The van der Waals surface area contributed by atoms with Gasteiger partial charge in [0.25, 0.3) is 0 Å². The van der Waals surface area contributed by atoms with E-state index < -0.39 is 12.0 Å². The van der Waals surface area contributed by atoms with E-state index in [1.807, 2.05) is 13.8 Å². The molecule has 0 bridgehead atoms. The Morgan fingerprint density at radius 2 is 1.64 bits per heavy atom. The first-order valence-corrected chi connectivity index (χ1v) is 5.32. The Bertz CT molecular complexity index is 178. The van der Waals surface area contributed by atoms with Crippen LogP contribution in [0.2, 0.25) is 0 Å². The van der Waals surface area contributed by atoms with Gasteiger partial charge in [-0.15, -0.1) is 0 Å². The van der Waals surface area contributed by atoms with Crippen LogP contribution in [-0.4, -0.2) is 23.7 Å². The van der Waals surface area contributed by atoms with Crippen LogP contribution >= 0.6 is 0 Å². The maximum atomic E-state index is 10.9. The maximum absolute atomic E-state index is 10.9. The van der Waals surface area contributed by atoms with Gasteiger partial charge in [0.2, 0.25) is 0 Å². The van der Waals surface area contributed by atoms with Crippen molar-refractivity contribution >= 4 is 5.97 Å². The predicted octanol–water partition coefficient (Wildman–Crippen LogP) is 1.98. The van der Waals surface area contributed by atoms with Crippen molar-refractivity contribution in [2.45, 2.75) is 40.7 Å². The SMILES string of the molecule is CC(C)C(C)CNC(C(=O)O)C(C)C. The van der Waals surface area contributed by atoms with Gasteiger partial charge in [0.05, 0.1) is 0 Å². The number of nitrogens with one attached hydrogen (secondary N) is 1. The van der Waals surface area contributed by atoms with Crippen molar-refractivity contribution < 1.29 is 9.90 Å². The number of carboxylic acid groups (broad SMARTS) is 1. The molecule has 2 N–H and O–H groups in total. The summed E-state index contributed by atoms with van der Waals surface area (Å²) in [5, 5.41) is 12.0. The highest BCUT2D eigenvalue weighted by Gasteiger charge is 2.21. The summed E-state index contributed by atoms with van der Waals surface area (Å²) in [6.07, 6.45) is 0. The van der Waals surface area contributed by atoms with Gasteiger partial charge < -0.3 is 10.4 Å². The van der Waals surface area contributed by atoms with Crippen molar-refractivity contribution in [2.75, 3.05) is 6.54 Å². The van der Waals surface area contributed by atoms with Crippen molar-refractivity contribution in [1.82, 2.24) is 5.32 Å². The maximum Gasteiger partial charge on any atom is 0.320 e. The third-order valence-electron chi connectivity index (χ3n) is 2.73. The van der Waals surface area contributed by atoms with Gasteiger partial charge in [-0.05, 0) is 24.3 Å². The summed E-state index contributed by atoms with van der Waals surface area (Å²) in [5.74, 6) is 0.475. The smallest absolute Gasteiger partial charge is 0.320 e. The van der Waals surface area contributed by atoms with Crippen molar-refractivity contribution in [1.29, 1.82) is 0 Å². The monoisotopic (exact) mass is 201 g/mol. The topological polar surface area (TPSA) is 49.3 Å². The van der Waals surface area contributed by atoms with Crippen molar-refractivity contribution in [3.8, 4) is 0 Å². The number of hydrogen-bond acceptors (Lipinski definition) is 2. The molecule has 0 saturated carbocycles. The van der Waals surface area contributed by atoms with Gasteiger partial charge >= 0.3 is 5.97 Å². The Kier molecular flexibility index (Phi) is 5.77. The van der Waals surface area contributed by atoms with E-state index in [0.29, 0.717) is 11.8 Å². The molecule has 0 radical (unpaired) electrons. The molecule has 3 heteroatoms. The fraction of sp³-hybridized carbons (Fsp3) is 0.909. The molecular formula is C11H23NO2. The first-order valence-electron chi connectivity index (χ1n) is 5.32. The molecular weight excluding hydrogens is 178 g/mol. The average Bonchev–Trinajstić information content (AvgIpc) is 2.02. The molecule has 0 aliphatic heterocycles. The molecule has 3 nitrogen and oxygen atoms in total. The minimum Gasteiger partial charge on any atom is -0.480 e. The van der Waals surface area contributed by atoms with Gasteiger partial charge in [0.1, 0.15) is 6.04 Å². The fourth-order valence-corrected chi connectivity index (χ4v) is 1.16. The lowest BCUT2D eigenvalue weighted by atomic mass is 9.96. The first-order chi connectivity index (χ1) is 6.36. The predicted molar refractivity (Wildman–Crippen MR) is 58.3 cm³/mol. The van der Waals surface area contributed by atoms with Crippen molar-refractivity contribution in [3.05, 3.63) is 0 Å². The molecule has 0 amide bonds. The summed E-state index contributed by atoms with van der Waals surface area (Å²) in [4.78, 5) is 10.9. The molecule has 0 spiro atoms. The highest BCUT2D eigenvalue weighted by atomic mass is 16.4. The Morgan fingerprint density at radius 3 is 1.93 bits per heavy atom. The van der Waals surface area contributed by atoms with E-state index in [-0.39, 0.29) is 5.92 Å². The van der Waals surface area contributed by atoms with Crippen LogP contribution in [0.25, 0.3) is 0 Å². The molecule has 0 aliphatic carbocycles. The van der Waals surface area contributed by atoms with Crippen molar-refractivity contribution in [3.63, 3.8) is 0 Å². The normalized spacial score (nSPS) is 15.9. The van der Waals surface area contributed by atoms with E-state index >= 15 is 0 Å². The van der Waals surface area contributed by atoms with Crippen LogP contribution in [0.5, 0.6) is 0 Å². The molecule has 0 heterocycles. The van der Waals surface area contributed by atoms with Crippen LogP contribution in [0.4, 0.5) is 0 Å². The van der Waals surface area contributed by atoms with Gasteiger partial charge in [-0.1, -0.05) is 34.6 Å². The second-order valence-electron chi connectivity index (χ2n) is 4.69. The van der Waals surface area contributed by atoms with Gasteiger partial charge in [0.15, 0.2) is 0 Å². The summed E-state index contributed by atoms with van der Waals surface area (Å²) >= 11 is 0. The Balaban J connectivity index is 4.01. The van der Waals surface area contributed by atoms with E-state index in [1.54, 1.807) is 0 Å². The number of rotatable bonds is 6. The van der Waals surface area contributed by atoms with E-state index in [1.165, 1.54) is 0 Å². The minimum atomic E-state index is -0.754. The summed E-state index contributed by atoms with van der Waals surface area (Å²) in [5.41, 5.74) is 0. The third-order valence-corrected chi connectivity index (χ3v) is 2.73. The second-order valence-corrected chi connectivity index (χ2v) is 4.69. The summed E-state index contributed by atoms with van der Waals surface area (Å²) in [6, 6.07) is -0.420. The van der Waals surface area contributed by atoms with Crippen LogP contribution in [0.15, 0.2) is 0 Å². The highest BCUT2D eigenvalue weighted by Crippen LogP contribution is 2.09. The van der Waals surface area contributed by atoms with Crippen LogP contribution in [0, 0.1) is 17.8 Å². The molecule has 0 aromatic heterocycles. The first kappa shape index (κ1) is 13.4. The number of hydrogen-bond donors (Lipinski definition) is 2. The summed E-state index contributed by atoms with van der Waals surface area (Å²) < 4.78 is 0. The van der Waals surface area contributed by atoms with E-state index in [0.717, 1.165) is 6.54 Å². The molecule has 0 aromatic carbocycles. The molecule has 84 valence electrons. The van der Waals surface area contributed by atoms with E-state index in [9.17, 15) is 4.79 Å². The quantitative estimate of drug-likeness (QED) is 0.691. The van der Waals surface area contributed by atoms with E-state index in [2.05, 4.69) is 26.1 Å². The number of aliphatic carboxylic acids is 1. The summed E-state index contributed by atoms with van der Waals surface area (Å²) in [6.45, 7) is 11.1. The lowest BCUT2D eigenvalue weighted by Gasteiger charge is -2.22. The van der Waals surface area contributed by atoms with Crippen LogP contribution < -0.4 is 5.32 Å². The standard InChI is InChI=1S/C11H23NO2/c1-7(2)9(5)6-12-10(8(3)4)11(13)14/h7-10,12H,6H2,1-5H3,(H,13,14). The van der Waals surface area contributed by atoms with Crippen LogP contribution in [-0.2, 0) is 4.79 Å². The Morgan fingerprint density at radius 1 is 1.14 bits per heavy atom. The molecule has 0 fully saturated rings. The number of carboxylic acids is 1. The van der Waals surface area contributed by atoms with Gasteiger partial charge in [-0.3, -0.25) is 4.79 Å². The fourth-order valence-electron chi connectivity index (χ4n) is 1.16. The zero-order chi connectivity index (χ0) is 11.3. The largest absolute Gasteiger partial charge is 0.480 e. The average molecular weight is 201 g/mol. The lowest BCUT2D eigenvalue weighted by Crippen LogP contribution is -2.43. The Hall–Kier alpha value is -0.570. The van der Waals surface area contributed by atoms with Gasteiger partial charge in [-0.25, -0.2) is 0 Å². The number of carbonyl (C=O) groups is 1. The second kappa shape index (κ2) is 6.02.